The second-order valence-corrected chi connectivity index (χ2v) is 8.75. The average molecular weight is 458 g/mol. The van der Waals surface area contributed by atoms with Gasteiger partial charge < -0.3 is 0 Å². The highest BCUT2D eigenvalue weighted by molar-refractivity contribution is 9.10. The molecule has 0 saturated carbocycles. The second kappa shape index (κ2) is 6.20. The number of halogens is 1. The molecule has 0 N–H and O–H groups in total. The normalized spacial score (nSPS) is 12.4. The molecule has 0 amide bonds. The number of ketones is 1. The summed E-state index contributed by atoms with van der Waals surface area (Å²) in [5.41, 5.74) is 5.61. The summed E-state index contributed by atoms with van der Waals surface area (Å²) in [7, 11) is 0. The van der Waals surface area contributed by atoms with Gasteiger partial charge in [0, 0.05) is 21.2 Å². The molecule has 29 heavy (non-hydrogen) atoms. The lowest BCUT2D eigenvalue weighted by Crippen LogP contribution is -2.00. The number of aromatic nitrogens is 3. The summed E-state index contributed by atoms with van der Waals surface area (Å²) >= 11 is 5.05. The van der Waals surface area contributed by atoms with Gasteiger partial charge in [-0.15, -0.1) is 0 Å². The van der Waals surface area contributed by atoms with Crippen molar-refractivity contribution in [3.8, 4) is 27.6 Å². The molecule has 0 atom stereocenters. The number of fused-ring (bicyclic) bond motifs is 4. The highest BCUT2D eigenvalue weighted by Crippen LogP contribution is 2.43. The molecular weight excluding hydrogens is 446 g/mol. The van der Waals surface area contributed by atoms with Crippen LogP contribution >= 0.6 is 27.3 Å². The fourth-order valence-corrected chi connectivity index (χ4v) is 4.99. The minimum Gasteiger partial charge on any atom is -0.288 e. The molecule has 0 radical (unpaired) electrons. The first-order valence-electron chi connectivity index (χ1n) is 9.10. The molecule has 6 heteroatoms. The maximum Gasteiger partial charge on any atom is 0.212 e. The molecule has 2 heterocycles. The Labute approximate surface area is 178 Å². The van der Waals surface area contributed by atoms with Crippen molar-refractivity contribution >= 4 is 43.3 Å². The van der Waals surface area contributed by atoms with Crippen LogP contribution in [-0.4, -0.2) is 20.5 Å². The third-order valence-electron chi connectivity index (χ3n) is 5.12. The van der Waals surface area contributed by atoms with Crippen molar-refractivity contribution < 1.29 is 4.79 Å². The zero-order valence-corrected chi connectivity index (χ0v) is 17.4. The molecular formula is C23H12BrN3OS. The minimum absolute atomic E-state index is 0.0147. The summed E-state index contributed by atoms with van der Waals surface area (Å²) in [4.78, 5) is 18.1. The van der Waals surface area contributed by atoms with Gasteiger partial charge in [0.25, 0.3) is 0 Å². The molecule has 2 aromatic heterocycles. The van der Waals surface area contributed by atoms with Gasteiger partial charge in [-0.1, -0.05) is 75.8 Å². The molecule has 1 aliphatic rings. The van der Waals surface area contributed by atoms with E-state index in [1.807, 2.05) is 71.4 Å². The van der Waals surface area contributed by atoms with E-state index in [1.165, 1.54) is 0 Å². The van der Waals surface area contributed by atoms with Crippen LogP contribution < -0.4 is 0 Å². The Balaban J connectivity index is 1.67. The average Bonchev–Trinajstić information content (AvgIpc) is 3.42. The van der Waals surface area contributed by atoms with Crippen molar-refractivity contribution in [3.63, 3.8) is 0 Å². The molecule has 0 spiro atoms. The Bertz CT molecular complexity index is 1400. The van der Waals surface area contributed by atoms with Crippen LogP contribution in [-0.2, 0) is 0 Å². The van der Waals surface area contributed by atoms with E-state index >= 15 is 0 Å². The molecule has 6 rings (SSSR count). The van der Waals surface area contributed by atoms with Crippen molar-refractivity contribution in [1.29, 1.82) is 0 Å². The van der Waals surface area contributed by atoms with Gasteiger partial charge in [0.1, 0.15) is 5.69 Å². The van der Waals surface area contributed by atoms with Crippen LogP contribution in [0.25, 0.3) is 37.9 Å². The Morgan fingerprint density at radius 3 is 2.38 bits per heavy atom. The number of carbonyl (C=O) groups excluding carboxylic acids is 1. The van der Waals surface area contributed by atoms with Crippen LogP contribution in [0.3, 0.4) is 0 Å². The summed E-state index contributed by atoms with van der Waals surface area (Å²) < 4.78 is 3.91. The largest absolute Gasteiger partial charge is 0.288 e. The first-order valence-corrected chi connectivity index (χ1v) is 10.7. The highest BCUT2D eigenvalue weighted by atomic mass is 79.9. The van der Waals surface area contributed by atoms with E-state index in [2.05, 4.69) is 22.0 Å². The number of hydrogen-bond acceptors (Lipinski definition) is 4. The summed E-state index contributed by atoms with van der Waals surface area (Å²) in [6.07, 6.45) is 0. The summed E-state index contributed by atoms with van der Waals surface area (Å²) in [5, 5.41) is 5.63. The number of nitrogens with zero attached hydrogens (tertiary/aromatic N) is 3. The molecule has 0 fully saturated rings. The molecule has 138 valence electrons. The summed E-state index contributed by atoms with van der Waals surface area (Å²) in [6.45, 7) is 0. The lowest BCUT2D eigenvalue weighted by atomic mass is 10.0. The van der Waals surface area contributed by atoms with E-state index in [9.17, 15) is 4.79 Å². The number of rotatable bonds is 2. The topological polar surface area (TPSA) is 47.8 Å². The molecule has 0 unspecified atom stereocenters. The number of benzene rings is 3. The quantitative estimate of drug-likeness (QED) is 0.314. The second-order valence-electron chi connectivity index (χ2n) is 6.83. The van der Waals surface area contributed by atoms with Gasteiger partial charge in [0.05, 0.1) is 21.5 Å². The monoisotopic (exact) mass is 457 g/mol. The maximum absolute atomic E-state index is 13.3. The standard InChI is InChI=1S/C23H12BrN3OS/c24-14-11-9-13(10-12-14)20-19-21(15-5-1-2-6-16(15)22(19)28)27(26-20)23-25-17-7-3-4-8-18(17)29-23/h1-12H. The van der Waals surface area contributed by atoms with Crippen LogP contribution in [0, 0.1) is 0 Å². The fraction of sp³-hybridized carbons (Fsp3) is 0. The molecule has 1 aliphatic carbocycles. The molecule has 5 aromatic rings. The zero-order chi connectivity index (χ0) is 19.5. The van der Waals surface area contributed by atoms with Crippen molar-refractivity contribution in [3.05, 3.63) is 88.4 Å². The number of hydrogen-bond donors (Lipinski definition) is 0. The van der Waals surface area contributed by atoms with E-state index in [1.54, 1.807) is 11.3 Å². The highest BCUT2D eigenvalue weighted by Gasteiger charge is 2.35. The summed E-state index contributed by atoms with van der Waals surface area (Å²) in [6, 6.07) is 23.6. The van der Waals surface area contributed by atoms with E-state index in [0.717, 1.165) is 36.6 Å². The van der Waals surface area contributed by atoms with Crippen LogP contribution in [0.2, 0.25) is 0 Å². The van der Waals surface area contributed by atoms with Gasteiger partial charge in [-0.05, 0) is 24.3 Å². The SMILES string of the molecule is O=C1c2ccccc2-c2c1c(-c1ccc(Br)cc1)nn2-c1nc2ccccc2s1. The van der Waals surface area contributed by atoms with E-state index in [-0.39, 0.29) is 5.78 Å². The van der Waals surface area contributed by atoms with Gasteiger partial charge in [-0.2, -0.15) is 5.10 Å². The van der Waals surface area contributed by atoms with E-state index in [4.69, 9.17) is 10.1 Å². The van der Waals surface area contributed by atoms with Crippen LogP contribution in [0.1, 0.15) is 15.9 Å². The van der Waals surface area contributed by atoms with E-state index < -0.39 is 0 Å². The molecule has 4 nitrogen and oxygen atoms in total. The Morgan fingerprint density at radius 1 is 0.862 bits per heavy atom. The molecule has 3 aromatic carbocycles. The van der Waals surface area contributed by atoms with Gasteiger partial charge in [0.15, 0.2) is 5.78 Å². The Kier molecular flexibility index (Phi) is 3.60. The zero-order valence-electron chi connectivity index (χ0n) is 15.0. The van der Waals surface area contributed by atoms with Gasteiger partial charge >= 0.3 is 0 Å². The van der Waals surface area contributed by atoms with Crippen molar-refractivity contribution in [1.82, 2.24) is 14.8 Å². The van der Waals surface area contributed by atoms with Crippen molar-refractivity contribution in [2.75, 3.05) is 0 Å². The first-order chi connectivity index (χ1) is 14.2. The van der Waals surface area contributed by atoms with Crippen LogP contribution in [0.4, 0.5) is 0 Å². The number of carbonyl (C=O) groups is 1. The number of para-hydroxylation sites is 1. The first kappa shape index (κ1) is 16.8. The van der Waals surface area contributed by atoms with Gasteiger partial charge in [-0.25, -0.2) is 9.67 Å². The fourth-order valence-electron chi connectivity index (χ4n) is 3.80. The smallest absolute Gasteiger partial charge is 0.212 e. The lowest BCUT2D eigenvalue weighted by Gasteiger charge is -2.03. The molecule has 0 aliphatic heterocycles. The van der Waals surface area contributed by atoms with Gasteiger partial charge in [-0.3, -0.25) is 4.79 Å². The lowest BCUT2D eigenvalue weighted by molar-refractivity contribution is 0.104. The van der Waals surface area contributed by atoms with E-state index in [0.29, 0.717) is 16.8 Å². The third kappa shape index (κ3) is 2.46. The molecule has 0 saturated heterocycles. The van der Waals surface area contributed by atoms with Gasteiger partial charge in [0.2, 0.25) is 5.13 Å². The predicted octanol–water partition coefficient (Wildman–Crippen LogP) is 6.12. The van der Waals surface area contributed by atoms with Crippen LogP contribution in [0.5, 0.6) is 0 Å². The Hall–Kier alpha value is -3.09. The summed E-state index contributed by atoms with van der Waals surface area (Å²) in [5.74, 6) is 0.0147. The predicted molar refractivity (Wildman–Crippen MR) is 119 cm³/mol. The molecule has 0 bridgehead atoms. The maximum atomic E-state index is 13.3. The third-order valence-corrected chi connectivity index (χ3v) is 6.66. The van der Waals surface area contributed by atoms with Crippen molar-refractivity contribution in [2.24, 2.45) is 0 Å². The number of thiazole rings is 1. The minimum atomic E-state index is 0.0147. The van der Waals surface area contributed by atoms with Crippen LogP contribution in [0.15, 0.2) is 77.3 Å². The van der Waals surface area contributed by atoms with Crippen molar-refractivity contribution in [2.45, 2.75) is 0 Å². The Morgan fingerprint density at radius 2 is 1.59 bits per heavy atom.